The van der Waals surface area contributed by atoms with Gasteiger partial charge in [-0.1, -0.05) is 155 Å². The van der Waals surface area contributed by atoms with Crippen molar-refractivity contribution in [1.82, 2.24) is 0 Å². The van der Waals surface area contributed by atoms with Crippen LogP contribution in [0.4, 0.5) is 0 Å². The van der Waals surface area contributed by atoms with Crippen LogP contribution < -0.4 is 91.2 Å². The van der Waals surface area contributed by atoms with Gasteiger partial charge in [-0.2, -0.15) is 0 Å². The number of unbranched alkanes of at least 4 members (excludes halogenated alkanes) is 22. The van der Waals surface area contributed by atoms with Crippen molar-refractivity contribution in [3.8, 4) is 0 Å². The standard InChI is InChI=1S/C18H36O2.C12H24O2.K.Na/c1-2-3-4-5-6-7-8-9-10-11-12-13-14-15-16-17-18(19)20;1-2-3-4-5-6-7-8-9-10-11-12(13)14;;/h2-17H2,1H3,(H,19,20);2-11H2,1H3,(H,13,14);;/q;;2*+1/p-2. The van der Waals surface area contributed by atoms with Crippen molar-refractivity contribution >= 4 is 11.9 Å². The Morgan fingerprint density at radius 2 is 0.556 bits per heavy atom. The molecule has 0 heterocycles. The Morgan fingerprint density at radius 3 is 0.722 bits per heavy atom. The van der Waals surface area contributed by atoms with Gasteiger partial charge in [0.05, 0.1) is 0 Å². The molecule has 0 unspecified atom stereocenters. The van der Waals surface area contributed by atoms with Gasteiger partial charge in [-0.25, -0.2) is 0 Å². The molecular weight excluding hydrogens is 486 g/mol. The molecule has 0 saturated carbocycles. The largest absolute Gasteiger partial charge is 1.00 e. The molecule has 0 bridgehead atoms. The van der Waals surface area contributed by atoms with E-state index in [0.29, 0.717) is 0 Å². The summed E-state index contributed by atoms with van der Waals surface area (Å²) < 4.78 is 0. The second-order valence-corrected chi connectivity index (χ2v) is 10.0. The number of carbonyl (C=O) groups is 2. The van der Waals surface area contributed by atoms with E-state index in [1.54, 1.807) is 0 Å². The molecule has 4 nitrogen and oxygen atoms in total. The molecule has 0 rings (SSSR count). The summed E-state index contributed by atoms with van der Waals surface area (Å²) in [6.45, 7) is 4.49. The van der Waals surface area contributed by atoms with Gasteiger partial charge in [0.1, 0.15) is 0 Å². The van der Waals surface area contributed by atoms with Crippen LogP contribution in [0.5, 0.6) is 0 Å². The van der Waals surface area contributed by atoms with Crippen LogP contribution in [-0.4, -0.2) is 11.9 Å². The molecule has 0 aromatic carbocycles. The Labute approximate surface area is 290 Å². The van der Waals surface area contributed by atoms with Gasteiger partial charge in [0.25, 0.3) is 0 Å². The zero-order valence-corrected chi connectivity index (χ0v) is 30.1. The van der Waals surface area contributed by atoms with E-state index in [2.05, 4.69) is 13.8 Å². The first-order valence-electron chi connectivity index (χ1n) is 14.9. The van der Waals surface area contributed by atoms with Crippen LogP contribution in [0.3, 0.4) is 0 Å². The van der Waals surface area contributed by atoms with E-state index in [9.17, 15) is 19.8 Å². The molecule has 36 heavy (non-hydrogen) atoms. The van der Waals surface area contributed by atoms with E-state index in [1.807, 2.05) is 0 Å². The maximum Gasteiger partial charge on any atom is 1.00 e. The minimum Gasteiger partial charge on any atom is -0.550 e. The summed E-state index contributed by atoms with van der Waals surface area (Å²) in [5.74, 6) is -1.81. The second kappa shape index (κ2) is 41.1. The molecule has 0 aliphatic heterocycles. The van der Waals surface area contributed by atoms with Crippen LogP contribution in [0, 0.1) is 0 Å². The molecular formula is C30H58KNaO4. The normalized spacial score (nSPS) is 10.1. The Morgan fingerprint density at radius 1 is 0.389 bits per heavy atom. The molecule has 0 amide bonds. The molecule has 0 aliphatic carbocycles. The summed E-state index contributed by atoms with van der Waals surface area (Å²) in [5.41, 5.74) is 0. The minimum absolute atomic E-state index is 0. The van der Waals surface area contributed by atoms with Crippen molar-refractivity contribution in [2.24, 2.45) is 0 Å². The number of aliphatic carboxylic acids is 2. The quantitative estimate of drug-likeness (QED) is 0.123. The van der Waals surface area contributed by atoms with Crippen molar-refractivity contribution in [2.45, 2.75) is 181 Å². The molecule has 0 fully saturated rings. The predicted molar refractivity (Wildman–Crippen MR) is 141 cm³/mol. The third-order valence-electron chi connectivity index (χ3n) is 6.47. The first-order valence-corrected chi connectivity index (χ1v) is 14.9. The molecule has 0 atom stereocenters. The van der Waals surface area contributed by atoms with Crippen LogP contribution in [0.15, 0.2) is 0 Å². The Balaban J connectivity index is -0.000000285. The maximum atomic E-state index is 10.2. The first-order chi connectivity index (χ1) is 16.5. The van der Waals surface area contributed by atoms with Gasteiger partial charge < -0.3 is 19.8 Å². The Kier molecular flexibility index (Phi) is 50.9. The van der Waals surface area contributed by atoms with Crippen LogP contribution in [0.1, 0.15) is 181 Å². The van der Waals surface area contributed by atoms with E-state index in [0.717, 1.165) is 25.7 Å². The molecule has 0 aliphatic rings. The van der Waals surface area contributed by atoms with E-state index in [1.165, 1.54) is 128 Å². The van der Waals surface area contributed by atoms with Crippen LogP contribution >= 0.6 is 0 Å². The fraction of sp³-hybridized carbons (Fsp3) is 0.933. The number of rotatable bonds is 26. The number of carboxylic acid groups (broad SMARTS) is 2. The molecule has 0 radical (unpaired) electrons. The van der Waals surface area contributed by atoms with Crippen LogP contribution in [0.25, 0.3) is 0 Å². The smallest absolute Gasteiger partial charge is 0.550 e. The third kappa shape index (κ3) is 48.6. The second-order valence-electron chi connectivity index (χ2n) is 10.0. The number of hydrogen-bond acceptors (Lipinski definition) is 4. The van der Waals surface area contributed by atoms with Crippen molar-refractivity contribution in [3.63, 3.8) is 0 Å². The van der Waals surface area contributed by atoms with E-state index >= 15 is 0 Å². The molecule has 0 spiro atoms. The van der Waals surface area contributed by atoms with Gasteiger partial charge in [0, 0.05) is 11.9 Å². The Hall–Kier alpha value is 1.58. The fourth-order valence-corrected chi connectivity index (χ4v) is 4.22. The van der Waals surface area contributed by atoms with E-state index < -0.39 is 11.9 Å². The fourth-order valence-electron chi connectivity index (χ4n) is 4.22. The number of carbonyl (C=O) groups excluding carboxylic acids is 2. The predicted octanol–water partition coefficient (Wildman–Crippen LogP) is 1.66. The minimum atomic E-state index is -0.909. The molecule has 6 heteroatoms. The van der Waals surface area contributed by atoms with Gasteiger partial charge in [-0.05, 0) is 25.7 Å². The van der Waals surface area contributed by atoms with Gasteiger partial charge in [-0.3, -0.25) is 0 Å². The topological polar surface area (TPSA) is 80.3 Å². The van der Waals surface area contributed by atoms with Crippen LogP contribution in [0.2, 0.25) is 0 Å². The summed E-state index contributed by atoms with van der Waals surface area (Å²) in [6, 6.07) is 0. The summed E-state index contributed by atoms with van der Waals surface area (Å²) in [6.07, 6.45) is 31.0. The van der Waals surface area contributed by atoms with Crippen molar-refractivity contribution in [2.75, 3.05) is 0 Å². The summed E-state index contributed by atoms with van der Waals surface area (Å²) >= 11 is 0. The third-order valence-corrected chi connectivity index (χ3v) is 6.47. The van der Waals surface area contributed by atoms with Crippen molar-refractivity contribution < 1.29 is 101 Å². The summed E-state index contributed by atoms with van der Waals surface area (Å²) in [5, 5.41) is 20.3. The van der Waals surface area contributed by atoms with E-state index in [-0.39, 0.29) is 93.8 Å². The molecule has 0 aromatic rings. The zero-order chi connectivity index (χ0) is 25.5. The number of hydrogen-bond donors (Lipinski definition) is 0. The monoisotopic (exact) mass is 544 g/mol. The number of carboxylic acids is 2. The molecule has 0 N–H and O–H groups in total. The van der Waals surface area contributed by atoms with Gasteiger partial charge in [-0.15, -0.1) is 0 Å². The van der Waals surface area contributed by atoms with Crippen LogP contribution in [-0.2, 0) is 9.59 Å². The average Bonchev–Trinajstić information content (AvgIpc) is 2.80. The average molecular weight is 545 g/mol. The summed E-state index contributed by atoms with van der Waals surface area (Å²) in [7, 11) is 0. The summed E-state index contributed by atoms with van der Waals surface area (Å²) in [4.78, 5) is 20.3. The van der Waals surface area contributed by atoms with E-state index in [4.69, 9.17) is 0 Å². The zero-order valence-electron chi connectivity index (χ0n) is 25.0. The molecule has 204 valence electrons. The van der Waals surface area contributed by atoms with Crippen molar-refractivity contribution in [3.05, 3.63) is 0 Å². The molecule has 0 saturated heterocycles. The SMILES string of the molecule is CCCCCCCCCCCC(=O)[O-].CCCCCCCCCCCCCCCCCC(=O)[O-].[K+].[Na+]. The Bertz CT molecular complexity index is 422. The van der Waals surface area contributed by atoms with Crippen molar-refractivity contribution in [1.29, 1.82) is 0 Å². The van der Waals surface area contributed by atoms with Gasteiger partial charge in [0.15, 0.2) is 0 Å². The molecule has 0 aromatic heterocycles. The van der Waals surface area contributed by atoms with Gasteiger partial charge in [0.2, 0.25) is 0 Å². The maximum absolute atomic E-state index is 10.2. The first kappa shape index (κ1) is 44.6. The van der Waals surface area contributed by atoms with Gasteiger partial charge >= 0.3 is 80.9 Å².